The van der Waals surface area contributed by atoms with E-state index >= 15 is 0 Å². The third-order valence-corrected chi connectivity index (χ3v) is 7.43. The molecule has 0 fully saturated rings. The highest BCUT2D eigenvalue weighted by Crippen LogP contribution is 2.23. The van der Waals surface area contributed by atoms with Gasteiger partial charge >= 0.3 is 0 Å². The number of carbonyl (C=O) groups excluding carboxylic acids is 2. The van der Waals surface area contributed by atoms with Crippen molar-refractivity contribution >= 4 is 27.5 Å². The van der Waals surface area contributed by atoms with Crippen molar-refractivity contribution in [1.82, 2.24) is 10.2 Å². The number of aryl methyl sites for hydroxylation is 3. The fraction of sp³-hybridized carbons (Fsp3) is 0.310. The number of nitrogens with one attached hydrogen (secondary N) is 1. The summed E-state index contributed by atoms with van der Waals surface area (Å²) in [7, 11) is -2.25. The van der Waals surface area contributed by atoms with E-state index in [-0.39, 0.29) is 12.5 Å². The van der Waals surface area contributed by atoms with Gasteiger partial charge in [-0.15, -0.1) is 0 Å². The third-order valence-electron chi connectivity index (χ3n) is 6.29. The summed E-state index contributed by atoms with van der Waals surface area (Å²) in [5.74, 6) is -0.777. The van der Waals surface area contributed by atoms with E-state index in [1.54, 1.807) is 12.1 Å². The highest BCUT2D eigenvalue weighted by Gasteiger charge is 2.32. The van der Waals surface area contributed by atoms with Gasteiger partial charge in [0.2, 0.25) is 21.8 Å². The number of amides is 2. The first-order valence-electron chi connectivity index (χ1n) is 12.1. The number of sulfonamides is 1. The average molecular weight is 522 g/mol. The molecule has 1 N–H and O–H groups in total. The molecule has 2 amide bonds. The molecule has 0 saturated heterocycles. The van der Waals surface area contributed by atoms with Crippen LogP contribution in [0.25, 0.3) is 0 Å². The SMILES string of the molecule is CNC(=O)[C@@H](Cc1ccccc1)N(Cc1ccccc1C)C(=O)CN(c1cc(C)cc(C)c1)S(C)(=O)=O. The van der Waals surface area contributed by atoms with Gasteiger partial charge in [-0.2, -0.15) is 0 Å². The molecule has 0 aliphatic carbocycles. The Labute approximate surface area is 220 Å². The number of anilines is 1. The lowest BCUT2D eigenvalue weighted by atomic mass is 10.0. The van der Waals surface area contributed by atoms with Crippen molar-refractivity contribution in [3.05, 3.63) is 101 Å². The first kappa shape index (κ1) is 27.9. The number of rotatable bonds is 10. The summed E-state index contributed by atoms with van der Waals surface area (Å²) in [6.07, 6.45) is 1.38. The van der Waals surface area contributed by atoms with Crippen molar-refractivity contribution < 1.29 is 18.0 Å². The minimum Gasteiger partial charge on any atom is -0.357 e. The van der Waals surface area contributed by atoms with Crippen LogP contribution >= 0.6 is 0 Å². The van der Waals surface area contributed by atoms with E-state index in [9.17, 15) is 18.0 Å². The molecule has 0 aliphatic heterocycles. The zero-order valence-electron chi connectivity index (χ0n) is 22.1. The largest absolute Gasteiger partial charge is 0.357 e. The van der Waals surface area contributed by atoms with Crippen molar-refractivity contribution in [3.63, 3.8) is 0 Å². The second-order valence-corrected chi connectivity index (χ2v) is 11.3. The van der Waals surface area contributed by atoms with Crippen molar-refractivity contribution in [3.8, 4) is 0 Å². The Morgan fingerprint density at radius 3 is 2.05 bits per heavy atom. The van der Waals surface area contributed by atoms with Crippen LogP contribution < -0.4 is 9.62 Å². The summed E-state index contributed by atoms with van der Waals surface area (Å²) in [4.78, 5) is 28.6. The van der Waals surface area contributed by atoms with E-state index in [0.717, 1.165) is 38.4 Å². The molecule has 0 heterocycles. The molecule has 0 aliphatic rings. The van der Waals surface area contributed by atoms with Crippen molar-refractivity contribution in [2.45, 2.75) is 39.8 Å². The monoisotopic (exact) mass is 521 g/mol. The van der Waals surface area contributed by atoms with Gasteiger partial charge in [0.15, 0.2) is 0 Å². The summed E-state index contributed by atoms with van der Waals surface area (Å²) >= 11 is 0. The number of hydrogen-bond acceptors (Lipinski definition) is 4. The van der Waals surface area contributed by atoms with Crippen LogP contribution in [0, 0.1) is 20.8 Å². The van der Waals surface area contributed by atoms with Crippen LogP contribution in [0.5, 0.6) is 0 Å². The molecule has 3 rings (SSSR count). The zero-order chi connectivity index (χ0) is 27.2. The van der Waals surface area contributed by atoms with Gasteiger partial charge in [-0.05, 0) is 60.7 Å². The Morgan fingerprint density at radius 1 is 0.892 bits per heavy atom. The maximum atomic E-state index is 14.0. The number of hydrogen-bond donors (Lipinski definition) is 1. The predicted octanol–water partition coefficient (Wildman–Crippen LogP) is 3.76. The van der Waals surface area contributed by atoms with Crippen LogP contribution in [-0.2, 0) is 32.6 Å². The molecule has 0 unspecified atom stereocenters. The van der Waals surface area contributed by atoms with Gasteiger partial charge in [-0.1, -0.05) is 60.7 Å². The second kappa shape index (κ2) is 12.1. The van der Waals surface area contributed by atoms with Crippen LogP contribution in [0.2, 0.25) is 0 Å². The Hall–Kier alpha value is -3.65. The minimum atomic E-state index is -3.79. The van der Waals surface area contributed by atoms with Crippen LogP contribution in [0.4, 0.5) is 5.69 Å². The highest BCUT2D eigenvalue weighted by atomic mass is 32.2. The number of benzene rings is 3. The van der Waals surface area contributed by atoms with Crippen molar-refractivity contribution in [2.75, 3.05) is 24.2 Å². The first-order chi connectivity index (χ1) is 17.5. The quantitative estimate of drug-likeness (QED) is 0.440. The molecular formula is C29H35N3O4S. The summed E-state index contributed by atoms with van der Waals surface area (Å²) in [6.45, 7) is 5.45. The normalized spacial score (nSPS) is 12.0. The highest BCUT2D eigenvalue weighted by molar-refractivity contribution is 7.92. The van der Waals surface area contributed by atoms with Crippen LogP contribution in [0.15, 0.2) is 72.8 Å². The maximum Gasteiger partial charge on any atom is 0.244 e. The smallest absolute Gasteiger partial charge is 0.244 e. The Balaban J connectivity index is 2.06. The van der Waals surface area contributed by atoms with Crippen LogP contribution in [0.3, 0.4) is 0 Å². The molecule has 196 valence electrons. The molecule has 3 aromatic carbocycles. The molecule has 0 saturated carbocycles. The molecule has 3 aromatic rings. The van der Waals surface area contributed by atoms with Gasteiger partial charge in [0.05, 0.1) is 11.9 Å². The van der Waals surface area contributed by atoms with Gasteiger partial charge in [0.1, 0.15) is 12.6 Å². The molecule has 0 spiro atoms. The zero-order valence-corrected chi connectivity index (χ0v) is 22.9. The average Bonchev–Trinajstić information content (AvgIpc) is 2.84. The van der Waals surface area contributed by atoms with E-state index in [2.05, 4.69) is 5.32 Å². The van der Waals surface area contributed by atoms with Crippen molar-refractivity contribution in [2.24, 2.45) is 0 Å². The minimum absolute atomic E-state index is 0.168. The van der Waals surface area contributed by atoms with Gasteiger partial charge in [0.25, 0.3) is 0 Å². The molecule has 0 radical (unpaired) electrons. The Bertz CT molecular complexity index is 1340. The summed E-state index contributed by atoms with van der Waals surface area (Å²) < 4.78 is 26.8. The fourth-order valence-corrected chi connectivity index (χ4v) is 5.23. The molecular weight excluding hydrogens is 486 g/mol. The van der Waals surface area contributed by atoms with Gasteiger partial charge in [-0.25, -0.2) is 8.42 Å². The van der Waals surface area contributed by atoms with E-state index in [1.807, 2.05) is 81.4 Å². The molecule has 0 bridgehead atoms. The first-order valence-corrected chi connectivity index (χ1v) is 14.0. The Kier molecular flexibility index (Phi) is 9.10. The summed E-state index contributed by atoms with van der Waals surface area (Å²) in [5, 5.41) is 2.69. The number of nitrogens with zero attached hydrogens (tertiary/aromatic N) is 2. The fourth-order valence-electron chi connectivity index (χ4n) is 4.40. The second-order valence-electron chi connectivity index (χ2n) is 9.38. The summed E-state index contributed by atoms with van der Waals surface area (Å²) in [6, 6.07) is 21.7. The topological polar surface area (TPSA) is 86.8 Å². The number of carbonyl (C=O) groups is 2. The lowest BCUT2D eigenvalue weighted by Gasteiger charge is -2.33. The van der Waals surface area contributed by atoms with Crippen LogP contribution in [0.1, 0.15) is 27.8 Å². The van der Waals surface area contributed by atoms with Gasteiger partial charge in [0, 0.05) is 20.0 Å². The lowest BCUT2D eigenvalue weighted by Crippen LogP contribution is -2.53. The van der Waals surface area contributed by atoms with Gasteiger partial charge < -0.3 is 10.2 Å². The predicted molar refractivity (Wildman–Crippen MR) is 148 cm³/mol. The van der Waals surface area contributed by atoms with Crippen LogP contribution in [-0.4, -0.2) is 51.0 Å². The molecule has 7 nitrogen and oxygen atoms in total. The van der Waals surface area contributed by atoms with Gasteiger partial charge in [-0.3, -0.25) is 13.9 Å². The van der Waals surface area contributed by atoms with E-state index in [4.69, 9.17) is 0 Å². The standard InChI is InChI=1S/C29H35N3O4S/c1-21-15-22(2)17-26(16-21)32(37(5,35)36)20-28(33)31(19-25-14-10-9-11-23(25)3)27(29(34)30-4)18-24-12-7-6-8-13-24/h6-17,27H,18-20H2,1-5H3,(H,30,34)/t27-/m1/s1. The maximum absolute atomic E-state index is 14.0. The lowest BCUT2D eigenvalue weighted by molar-refractivity contribution is -0.139. The molecule has 37 heavy (non-hydrogen) atoms. The third kappa shape index (κ3) is 7.43. The molecule has 8 heteroatoms. The van der Waals surface area contributed by atoms with E-state index < -0.39 is 28.5 Å². The van der Waals surface area contributed by atoms with E-state index in [1.165, 1.54) is 11.9 Å². The van der Waals surface area contributed by atoms with Crippen molar-refractivity contribution in [1.29, 1.82) is 0 Å². The summed E-state index contributed by atoms with van der Waals surface area (Å²) in [5.41, 5.74) is 4.96. The molecule has 0 aromatic heterocycles. The number of likely N-dealkylation sites (N-methyl/N-ethyl adjacent to an activating group) is 1. The molecule has 1 atom stereocenters. The van der Waals surface area contributed by atoms with E-state index in [0.29, 0.717) is 12.1 Å². The Morgan fingerprint density at radius 2 is 1.49 bits per heavy atom.